The van der Waals surface area contributed by atoms with E-state index >= 15 is 0 Å². The van der Waals surface area contributed by atoms with E-state index < -0.39 is 17.4 Å². The number of carboxylic acid groups (broad SMARTS) is 2. The molecule has 0 aromatic heterocycles. The predicted octanol–water partition coefficient (Wildman–Crippen LogP) is 5.48. The lowest BCUT2D eigenvalue weighted by Gasteiger charge is -2.18. The van der Waals surface area contributed by atoms with Crippen LogP contribution in [0.5, 0.6) is 0 Å². The molecule has 0 saturated heterocycles. The zero-order valence-corrected chi connectivity index (χ0v) is 16.8. The highest BCUT2D eigenvalue weighted by atomic mass is 16.4. The fourth-order valence-corrected chi connectivity index (χ4v) is 3.71. The van der Waals surface area contributed by atoms with Gasteiger partial charge in [0.2, 0.25) is 0 Å². The summed E-state index contributed by atoms with van der Waals surface area (Å²) in [5.41, 5.74) is 1.72. The van der Waals surface area contributed by atoms with E-state index in [0.29, 0.717) is 6.42 Å². The van der Waals surface area contributed by atoms with Gasteiger partial charge in [0.15, 0.2) is 0 Å². The maximum atomic E-state index is 11.2. The van der Waals surface area contributed by atoms with E-state index in [1.165, 1.54) is 11.1 Å². The van der Waals surface area contributed by atoms with Crippen LogP contribution in [0, 0.1) is 10.8 Å². The van der Waals surface area contributed by atoms with Gasteiger partial charge in [-0.05, 0) is 76.3 Å². The first-order valence-electron chi connectivity index (χ1n) is 10.3. The van der Waals surface area contributed by atoms with Crippen LogP contribution in [0.3, 0.4) is 0 Å². The number of unbranched alkanes of at least 4 members (excludes halogenated alkanes) is 3. The van der Waals surface area contributed by atoms with Crippen LogP contribution in [0.2, 0.25) is 0 Å². The molecule has 1 saturated carbocycles. The molecule has 0 aliphatic heterocycles. The minimum Gasteiger partial charge on any atom is -0.481 e. The average molecular weight is 375 g/mol. The molecule has 0 spiro atoms. The number of hydrogen-bond donors (Lipinski definition) is 2. The molecule has 27 heavy (non-hydrogen) atoms. The number of hydrogen-bond acceptors (Lipinski definition) is 2. The van der Waals surface area contributed by atoms with Crippen molar-refractivity contribution in [3.63, 3.8) is 0 Å². The summed E-state index contributed by atoms with van der Waals surface area (Å²) in [4.78, 5) is 22.4. The smallest absolute Gasteiger partial charge is 0.309 e. The van der Waals surface area contributed by atoms with Gasteiger partial charge in [0, 0.05) is 0 Å². The second-order valence-electron chi connectivity index (χ2n) is 8.81. The number of carbonyl (C=O) groups is 2. The lowest BCUT2D eigenvalue weighted by molar-refractivity contribution is -0.147. The van der Waals surface area contributed by atoms with E-state index in [1.54, 1.807) is 13.8 Å². The Labute approximate surface area is 163 Å². The number of aryl methyl sites for hydroxylation is 2. The van der Waals surface area contributed by atoms with E-state index in [-0.39, 0.29) is 5.41 Å². The third-order valence-electron chi connectivity index (χ3n) is 6.10. The molecule has 4 nitrogen and oxygen atoms in total. The Bertz CT molecular complexity index is 644. The van der Waals surface area contributed by atoms with Crippen molar-refractivity contribution in [3.05, 3.63) is 35.4 Å². The normalized spacial score (nSPS) is 15.5. The van der Waals surface area contributed by atoms with Gasteiger partial charge in [0.1, 0.15) is 0 Å². The Hall–Kier alpha value is -1.84. The highest BCUT2D eigenvalue weighted by Crippen LogP contribution is 2.50. The van der Waals surface area contributed by atoms with E-state index in [4.69, 9.17) is 0 Å². The third kappa shape index (κ3) is 6.37. The highest BCUT2D eigenvalue weighted by molar-refractivity contribution is 5.77. The molecular weight excluding hydrogens is 340 g/mol. The topological polar surface area (TPSA) is 74.6 Å². The molecule has 1 aliphatic carbocycles. The molecule has 150 valence electrons. The molecule has 1 fully saturated rings. The van der Waals surface area contributed by atoms with Crippen molar-refractivity contribution in [2.75, 3.05) is 0 Å². The summed E-state index contributed by atoms with van der Waals surface area (Å²) in [5, 5.41) is 18.4. The van der Waals surface area contributed by atoms with Crippen molar-refractivity contribution < 1.29 is 19.8 Å². The maximum Gasteiger partial charge on any atom is 0.309 e. The number of benzene rings is 1. The summed E-state index contributed by atoms with van der Waals surface area (Å²) in [6.07, 6.45) is 10.4. The first kappa shape index (κ1) is 21.5. The molecule has 4 heteroatoms. The SMILES string of the molecule is CC(C)(CCCCc1ccccc1CCCCCC1(C(=O)O)CC1)C(=O)O. The van der Waals surface area contributed by atoms with Crippen molar-refractivity contribution in [3.8, 4) is 0 Å². The minimum atomic E-state index is -0.723. The van der Waals surface area contributed by atoms with Gasteiger partial charge < -0.3 is 10.2 Å². The highest BCUT2D eigenvalue weighted by Gasteiger charge is 2.49. The molecular formula is C23H34O4. The molecule has 0 unspecified atom stereocenters. The standard InChI is InChI=1S/C23H34O4/c1-22(2,20(24)25)14-9-7-13-19-12-6-5-11-18(19)10-4-3-8-15-23(16-17-23)21(26)27/h5-6,11-12H,3-4,7-10,13-17H2,1-2H3,(H,24,25)(H,26,27). The lowest BCUT2D eigenvalue weighted by Crippen LogP contribution is -2.23. The van der Waals surface area contributed by atoms with Crippen molar-refractivity contribution in [2.45, 2.75) is 84.5 Å². The Morgan fingerprint density at radius 1 is 0.926 bits per heavy atom. The van der Waals surface area contributed by atoms with Crippen LogP contribution < -0.4 is 0 Å². The lowest BCUT2D eigenvalue weighted by atomic mass is 9.86. The summed E-state index contributed by atoms with van der Waals surface area (Å²) in [7, 11) is 0. The van der Waals surface area contributed by atoms with Gasteiger partial charge in [0.05, 0.1) is 10.8 Å². The molecule has 1 aromatic carbocycles. The first-order chi connectivity index (χ1) is 12.8. The molecule has 2 N–H and O–H groups in total. The van der Waals surface area contributed by atoms with Gasteiger partial charge in [-0.2, -0.15) is 0 Å². The number of rotatable bonds is 13. The predicted molar refractivity (Wildman–Crippen MR) is 107 cm³/mol. The molecule has 1 aliphatic rings. The summed E-state index contributed by atoms with van der Waals surface area (Å²) in [5.74, 6) is -1.34. The van der Waals surface area contributed by atoms with E-state index in [1.807, 2.05) is 0 Å². The van der Waals surface area contributed by atoms with Gasteiger partial charge in [-0.15, -0.1) is 0 Å². The van der Waals surface area contributed by atoms with Crippen molar-refractivity contribution in [1.29, 1.82) is 0 Å². The monoisotopic (exact) mass is 374 g/mol. The molecule has 0 heterocycles. The summed E-state index contributed by atoms with van der Waals surface area (Å²) in [6, 6.07) is 8.52. The minimum absolute atomic E-state index is 0.387. The fourth-order valence-electron chi connectivity index (χ4n) is 3.71. The van der Waals surface area contributed by atoms with Crippen LogP contribution >= 0.6 is 0 Å². The molecule has 2 rings (SSSR count). The van der Waals surface area contributed by atoms with Gasteiger partial charge in [-0.25, -0.2) is 0 Å². The van der Waals surface area contributed by atoms with Crippen LogP contribution in [-0.2, 0) is 22.4 Å². The third-order valence-corrected chi connectivity index (χ3v) is 6.10. The summed E-state index contributed by atoms with van der Waals surface area (Å²) < 4.78 is 0. The Balaban J connectivity index is 1.70. The zero-order valence-electron chi connectivity index (χ0n) is 16.8. The zero-order chi connectivity index (χ0) is 19.9. The van der Waals surface area contributed by atoms with Crippen molar-refractivity contribution >= 4 is 11.9 Å². The quantitative estimate of drug-likeness (QED) is 0.448. The molecule has 0 radical (unpaired) electrons. The van der Waals surface area contributed by atoms with Crippen molar-refractivity contribution in [1.82, 2.24) is 0 Å². The Morgan fingerprint density at radius 2 is 1.48 bits per heavy atom. The summed E-state index contributed by atoms with van der Waals surface area (Å²) in [6.45, 7) is 3.58. The van der Waals surface area contributed by atoms with Crippen LogP contribution in [0.25, 0.3) is 0 Å². The van der Waals surface area contributed by atoms with Crippen LogP contribution in [0.15, 0.2) is 24.3 Å². The van der Waals surface area contributed by atoms with Gasteiger partial charge in [-0.3, -0.25) is 9.59 Å². The van der Waals surface area contributed by atoms with Crippen LogP contribution in [0.4, 0.5) is 0 Å². The van der Waals surface area contributed by atoms with E-state index in [9.17, 15) is 19.8 Å². The molecule has 0 bridgehead atoms. The second-order valence-corrected chi connectivity index (χ2v) is 8.81. The van der Waals surface area contributed by atoms with Crippen LogP contribution in [0.1, 0.15) is 82.8 Å². The first-order valence-corrected chi connectivity index (χ1v) is 10.3. The van der Waals surface area contributed by atoms with E-state index in [2.05, 4.69) is 24.3 Å². The van der Waals surface area contributed by atoms with Gasteiger partial charge in [0.25, 0.3) is 0 Å². The fraction of sp³-hybridized carbons (Fsp3) is 0.652. The Morgan fingerprint density at radius 3 is 1.96 bits per heavy atom. The maximum absolute atomic E-state index is 11.2. The van der Waals surface area contributed by atoms with E-state index in [0.717, 1.165) is 64.2 Å². The second kappa shape index (κ2) is 9.38. The van der Waals surface area contributed by atoms with Gasteiger partial charge in [-0.1, -0.05) is 43.5 Å². The van der Waals surface area contributed by atoms with Gasteiger partial charge >= 0.3 is 11.9 Å². The molecule has 1 aromatic rings. The molecule has 0 atom stereocenters. The Kier molecular flexibility index (Phi) is 7.46. The molecule has 0 amide bonds. The summed E-state index contributed by atoms with van der Waals surface area (Å²) >= 11 is 0. The average Bonchev–Trinajstić information content (AvgIpc) is 3.40. The number of carboxylic acids is 2. The van der Waals surface area contributed by atoms with Crippen molar-refractivity contribution in [2.24, 2.45) is 10.8 Å². The van der Waals surface area contributed by atoms with Crippen LogP contribution in [-0.4, -0.2) is 22.2 Å². The number of aliphatic carboxylic acids is 2. The largest absolute Gasteiger partial charge is 0.481 e.